The normalized spacial score (nSPS) is 10.2. The highest BCUT2D eigenvalue weighted by Gasteiger charge is 2.21. The van der Waals surface area contributed by atoms with E-state index in [1.807, 2.05) is 12.1 Å². The Labute approximate surface area is 134 Å². The van der Waals surface area contributed by atoms with Gasteiger partial charge in [-0.2, -0.15) is 0 Å². The average molecular weight is 317 g/mol. The minimum absolute atomic E-state index is 0.0536. The average Bonchev–Trinajstić information content (AvgIpc) is 2.94. The molecule has 2 aromatic heterocycles. The molecule has 8 nitrogen and oxygen atoms in total. The van der Waals surface area contributed by atoms with Gasteiger partial charge in [-0.15, -0.1) is 5.10 Å². The molecule has 23 heavy (non-hydrogen) atoms. The molecular formula is C15H19N5O3. The Kier molecular flexibility index (Phi) is 5.29. The summed E-state index contributed by atoms with van der Waals surface area (Å²) in [5, 5.41) is 6.79. The maximum absolute atomic E-state index is 12.4. The molecule has 0 fully saturated rings. The van der Waals surface area contributed by atoms with Crippen LogP contribution in [-0.4, -0.2) is 52.2 Å². The summed E-state index contributed by atoms with van der Waals surface area (Å²) >= 11 is 0. The van der Waals surface area contributed by atoms with Crippen LogP contribution in [0.3, 0.4) is 0 Å². The first-order valence-corrected chi connectivity index (χ1v) is 7.00. The predicted octanol–water partition coefficient (Wildman–Crippen LogP) is 0.212. The van der Waals surface area contributed by atoms with Crippen molar-refractivity contribution in [3.05, 3.63) is 41.9 Å². The van der Waals surface area contributed by atoms with Crippen LogP contribution < -0.4 is 10.1 Å². The molecule has 2 rings (SSSR count). The summed E-state index contributed by atoms with van der Waals surface area (Å²) in [7, 11) is 4.70. The van der Waals surface area contributed by atoms with Gasteiger partial charge in [0.2, 0.25) is 11.8 Å². The molecule has 2 heterocycles. The van der Waals surface area contributed by atoms with Gasteiger partial charge in [-0.05, 0) is 17.7 Å². The summed E-state index contributed by atoms with van der Waals surface area (Å²) in [4.78, 5) is 29.5. The second-order valence-electron chi connectivity index (χ2n) is 5.02. The molecule has 0 aliphatic rings. The van der Waals surface area contributed by atoms with Crippen LogP contribution in [0.25, 0.3) is 0 Å². The largest absolute Gasteiger partial charge is 0.479 e. The summed E-state index contributed by atoms with van der Waals surface area (Å²) in [5.74, 6) is -0.337. The highest BCUT2D eigenvalue weighted by atomic mass is 16.5. The van der Waals surface area contributed by atoms with E-state index >= 15 is 0 Å². The molecule has 0 saturated heterocycles. The maximum Gasteiger partial charge on any atom is 0.261 e. The third-order valence-corrected chi connectivity index (χ3v) is 3.19. The first-order valence-electron chi connectivity index (χ1n) is 7.00. The Morgan fingerprint density at radius 1 is 1.35 bits per heavy atom. The number of aryl methyl sites for hydroxylation is 1. The van der Waals surface area contributed by atoms with Crippen molar-refractivity contribution in [3.63, 3.8) is 0 Å². The van der Waals surface area contributed by atoms with Crippen molar-refractivity contribution in [2.45, 2.75) is 6.54 Å². The van der Waals surface area contributed by atoms with Gasteiger partial charge in [-0.1, -0.05) is 0 Å². The lowest BCUT2D eigenvalue weighted by Crippen LogP contribution is -2.38. The fourth-order valence-corrected chi connectivity index (χ4v) is 2.02. The Bertz CT molecular complexity index is 684. The maximum atomic E-state index is 12.4. The van der Waals surface area contributed by atoms with Crippen LogP contribution in [0.5, 0.6) is 5.88 Å². The van der Waals surface area contributed by atoms with Crippen LogP contribution in [0, 0.1) is 0 Å². The molecule has 2 aromatic rings. The third kappa shape index (κ3) is 4.29. The molecule has 1 N–H and O–H groups in total. The lowest BCUT2D eigenvalue weighted by Gasteiger charge is -2.16. The van der Waals surface area contributed by atoms with Gasteiger partial charge in [0.1, 0.15) is 5.56 Å². The summed E-state index contributed by atoms with van der Waals surface area (Å²) in [5.41, 5.74) is 1.26. The van der Waals surface area contributed by atoms with Crippen molar-refractivity contribution in [2.75, 3.05) is 20.7 Å². The molecular weight excluding hydrogens is 298 g/mol. The highest BCUT2D eigenvalue weighted by Crippen LogP contribution is 2.16. The number of methoxy groups -OCH3 is 1. The van der Waals surface area contributed by atoms with Crippen LogP contribution >= 0.6 is 0 Å². The van der Waals surface area contributed by atoms with E-state index in [0.29, 0.717) is 12.1 Å². The van der Waals surface area contributed by atoms with Gasteiger partial charge in [-0.3, -0.25) is 19.3 Å². The molecule has 0 spiro atoms. The molecule has 0 bridgehead atoms. The van der Waals surface area contributed by atoms with E-state index < -0.39 is 0 Å². The topological polar surface area (TPSA) is 89.4 Å². The first-order chi connectivity index (χ1) is 11.0. The second kappa shape index (κ2) is 7.39. The van der Waals surface area contributed by atoms with Gasteiger partial charge in [0.05, 0.1) is 13.7 Å². The van der Waals surface area contributed by atoms with Crippen LogP contribution in [0.15, 0.2) is 30.7 Å². The number of pyridine rings is 1. The number of nitrogens with one attached hydrogen (secondary N) is 1. The lowest BCUT2D eigenvalue weighted by molar-refractivity contribution is -0.121. The smallest absolute Gasteiger partial charge is 0.261 e. The zero-order chi connectivity index (χ0) is 16.8. The lowest BCUT2D eigenvalue weighted by atomic mass is 10.2. The van der Waals surface area contributed by atoms with Gasteiger partial charge in [0, 0.05) is 39.2 Å². The van der Waals surface area contributed by atoms with Crippen molar-refractivity contribution in [1.29, 1.82) is 0 Å². The van der Waals surface area contributed by atoms with E-state index in [2.05, 4.69) is 15.4 Å². The molecule has 0 aromatic carbocycles. The van der Waals surface area contributed by atoms with Gasteiger partial charge in [0.25, 0.3) is 5.91 Å². The monoisotopic (exact) mass is 317 g/mol. The van der Waals surface area contributed by atoms with E-state index in [-0.39, 0.29) is 24.2 Å². The number of hydrogen-bond donors (Lipinski definition) is 1. The summed E-state index contributed by atoms with van der Waals surface area (Å²) in [6.45, 7) is 0.335. The fraction of sp³-hybridized carbons (Fsp3) is 0.333. The number of ether oxygens (including phenoxy) is 1. The minimum Gasteiger partial charge on any atom is -0.479 e. The third-order valence-electron chi connectivity index (χ3n) is 3.19. The van der Waals surface area contributed by atoms with Crippen molar-refractivity contribution in [1.82, 2.24) is 25.0 Å². The quantitative estimate of drug-likeness (QED) is 0.823. The molecule has 0 aliphatic heterocycles. The first kappa shape index (κ1) is 16.5. The Balaban J connectivity index is 1.91. The molecule has 0 aliphatic carbocycles. The van der Waals surface area contributed by atoms with E-state index in [4.69, 9.17) is 4.74 Å². The number of amides is 2. The van der Waals surface area contributed by atoms with E-state index in [1.165, 1.54) is 16.7 Å². The molecule has 122 valence electrons. The van der Waals surface area contributed by atoms with Gasteiger partial charge >= 0.3 is 0 Å². The molecule has 0 unspecified atom stereocenters. The van der Waals surface area contributed by atoms with E-state index in [0.717, 1.165) is 5.56 Å². The molecule has 0 atom stereocenters. The standard InChI is InChI=1S/C15H19N5O3/c1-19(15(22)12-9-20(2)18-14(12)23-3)10-13(21)17-8-11-4-6-16-7-5-11/h4-7,9H,8,10H2,1-3H3,(H,17,21). The van der Waals surface area contributed by atoms with Gasteiger partial charge in [0.15, 0.2) is 0 Å². The number of aromatic nitrogens is 3. The summed E-state index contributed by atoms with van der Waals surface area (Å²) in [6, 6.07) is 3.63. The van der Waals surface area contributed by atoms with Crippen molar-refractivity contribution >= 4 is 11.8 Å². The van der Waals surface area contributed by atoms with Crippen LogP contribution in [0.1, 0.15) is 15.9 Å². The zero-order valence-electron chi connectivity index (χ0n) is 13.3. The van der Waals surface area contributed by atoms with Gasteiger partial charge < -0.3 is 15.0 Å². The molecule has 0 radical (unpaired) electrons. The molecule has 8 heteroatoms. The Morgan fingerprint density at radius 2 is 2.04 bits per heavy atom. The van der Waals surface area contributed by atoms with Crippen molar-refractivity contribution in [3.8, 4) is 5.88 Å². The van der Waals surface area contributed by atoms with Gasteiger partial charge in [-0.25, -0.2) is 0 Å². The Morgan fingerprint density at radius 3 is 2.70 bits per heavy atom. The fourth-order valence-electron chi connectivity index (χ4n) is 2.02. The number of carbonyl (C=O) groups is 2. The molecule has 2 amide bonds. The van der Waals surface area contributed by atoms with Crippen molar-refractivity contribution in [2.24, 2.45) is 7.05 Å². The number of likely N-dealkylation sites (N-methyl/N-ethyl adjacent to an activating group) is 1. The number of hydrogen-bond acceptors (Lipinski definition) is 5. The number of nitrogens with zero attached hydrogens (tertiary/aromatic N) is 4. The van der Waals surface area contributed by atoms with Crippen LogP contribution in [-0.2, 0) is 18.4 Å². The SMILES string of the molecule is COc1nn(C)cc1C(=O)N(C)CC(=O)NCc1ccncc1. The van der Waals surface area contributed by atoms with Crippen LogP contribution in [0.2, 0.25) is 0 Å². The van der Waals surface area contributed by atoms with Crippen molar-refractivity contribution < 1.29 is 14.3 Å². The minimum atomic E-state index is -0.325. The zero-order valence-corrected chi connectivity index (χ0v) is 13.3. The summed E-state index contributed by atoms with van der Waals surface area (Å²) in [6.07, 6.45) is 4.88. The van der Waals surface area contributed by atoms with E-state index in [9.17, 15) is 9.59 Å². The predicted molar refractivity (Wildman–Crippen MR) is 82.8 cm³/mol. The Hall–Kier alpha value is -2.90. The summed E-state index contributed by atoms with van der Waals surface area (Å²) < 4.78 is 6.55. The molecule has 0 saturated carbocycles. The number of carbonyl (C=O) groups excluding carboxylic acids is 2. The van der Waals surface area contributed by atoms with Crippen LogP contribution in [0.4, 0.5) is 0 Å². The van der Waals surface area contributed by atoms with E-state index in [1.54, 1.807) is 32.7 Å². The highest BCUT2D eigenvalue weighted by molar-refractivity contribution is 5.98. The number of rotatable bonds is 6. The second-order valence-corrected chi connectivity index (χ2v) is 5.02.